The van der Waals surface area contributed by atoms with Crippen LogP contribution in [0.15, 0.2) is 48.5 Å². The molecule has 1 unspecified atom stereocenters. The molecule has 0 saturated carbocycles. The van der Waals surface area contributed by atoms with E-state index in [9.17, 15) is 14.4 Å². The van der Waals surface area contributed by atoms with Crippen molar-refractivity contribution in [2.75, 3.05) is 6.61 Å². The third-order valence-corrected chi connectivity index (χ3v) is 4.44. The predicted octanol–water partition coefficient (Wildman–Crippen LogP) is 3.42. The number of ether oxygens (including phenoxy) is 1. The van der Waals surface area contributed by atoms with Crippen LogP contribution in [0.5, 0.6) is 0 Å². The van der Waals surface area contributed by atoms with E-state index in [2.05, 4.69) is 10.6 Å². The van der Waals surface area contributed by atoms with E-state index in [4.69, 9.17) is 27.9 Å². The zero-order valence-corrected chi connectivity index (χ0v) is 16.7. The molecule has 0 saturated heterocycles. The van der Waals surface area contributed by atoms with Gasteiger partial charge in [0.1, 0.15) is 0 Å². The van der Waals surface area contributed by atoms with Crippen molar-refractivity contribution in [1.29, 1.82) is 0 Å². The Hall–Kier alpha value is -2.57. The Morgan fingerprint density at radius 2 is 1.71 bits per heavy atom. The first kappa shape index (κ1) is 21.7. The molecule has 0 heterocycles. The van der Waals surface area contributed by atoms with Crippen molar-refractivity contribution in [3.63, 3.8) is 0 Å². The van der Waals surface area contributed by atoms with Crippen LogP contribution in [0.3, 0.4) is 0 Å². The summed E-state index contributed by atoms with van der Waals surface area (Å²) in [4.78, 5) is 35.4. The van der Waals surface area contributed by atoms with Crippen LogP contribution < -0.4 is 10.6 Å². The summed E-state index contributed by atoms with van der Waals surface area (Å²) in [5.74, 6) is -1.34. The summed E-state index contributed by atoms with van der Waals surface area (Å²) in [6.07, 6.45) is -0.112. The Labute approximate surface area is 173 Å². The molecule has 28 heavy (non-hydrogen) atoms. The summed E-state index contributed by atoms with van der Waals surface area (Å²) in [5.41, 5.74) is 1.47. The Morgan fingerprint density at radius 1 is 1.04 bits per heavy atom. The van der Waals surface area contributed by atoms with E-state index in [0.717, 1.165) is 5.56 Å². The molecule has 0 aliphatic heterocycles. The lowest BCUT2D eigenvalue weighted by molar-refractivity contribution is -0.149. The molecule has 6 nitrogen and oxygen atoms in total. The Bertz CT molecular complexity index is 840. The van der Waals surface area contributed by atoms with Gasteiger partial charge in [0.25, 0.3) is 5.91 Å². The fourth-order valence-electron chi connectivity index (χ4n) is 2.45. The quantitative estimate of drug-likeness (QED) is 0.638. The lowest BCUT2D eigenvalue weighted by atomic mass is 10.0. The van der Waals surface area contributed by atoms with Gasteiger partial charge < -0.3 is 15.4 Å². The van der Waals surface area contributed by atoms with Gasteiger partial charge >= 0.3 is 5.97 Å². The van der Waals surface area contributed by atoms with E-state index in [1.807, 2.05) is 6.07 Å². The van der Waals surface area contributed by atoms with Crippen molar-refractivity contribution in [3.8, 4) is 0 Å². The van der Waals surface area contributed by atoms with Crippen LogP contribution in [0.25, 0.3) is 0 Å². The fourth-order valence-corrected chi connectivity index (χ4v) is 2.78. The number of hydrogen-bond acceptors (Lipinski definition) is 4. The number of amides is 2. The topological polar surface area (TPSA) is 84.5 Å². The van der Waals surface area contributed by atoms with Gasteiger partial charge in [0.15, 0.2) is 6.61 Å². The minimum absolute atomic E-state index is 0.112. The second kappa shape index (κ2) is 10.7. The van der Waals surface area contributed by atoms with E-state index < -0.39 is 24.5 Å². The van der Waals surface area contributed by atoms with Crippen molar-refractivity contribution < 1.29 is 19.1 Å². The molecule has 8 heteroatoms. The Balaban J connectivity index is 1.84. The van der Waals surface area contributed by atoms with Crippen molar-refractivity contribution >= 4 is 41.0 Å². The van der Waals surface area contributed by atoms with Gasteiger partial charge in [-0.2, -0.15) is 0 Å². The van der Waals surface area contributed by atoms with E-state index >= 15 is 0 Å². The molecule has 148 valence electrons. The van der Waals surface area contributed by atoms with Gasteiger partial charge in [0.05, 0.1) is 12.5 Å². The van der Waals surface area contributed by atoms with Crippen LogP contribution in [0.2, 0.25) is 10.0 Å². The normalized spacial score (nSPS) is 11.4. The van der Waals surface area contributed by atoms with Crippen molar-refractivity contribution in [2.24, 2.45) is 0 Å². The maximum atomic E-state index is 12.1. The molecule has 0 spiro atoms. The average molecular weight is 423 g/mol. The van der Waals surface area contributed by atoms with Crippen molar-refractivity contribution in [1.82, 2.24) is 10.6 Å². The molecule has 2 amide bonds. The largest absolute Gasteiger partial charge is 0.456 e. The summed E-state index contributed by atoms with van der Waals surface area (Å²) in [7, 11) is 0. The third-order valence-electron chi connectivity index (χ3n) is 3.82. The van der Waals surface area contributed by atoms with Crippen LogP contribution in [-0.4, -0.2) is 24.4 Å². The van der Waals surface area contributed by atoms with Gasteiger partial charge in [-0.25, -0.2) is 0 Å². The molecule has 1 atom stereocenters. The summed E-state index contributed by atoms with van der Waals surface area (Å²) >= 11 is 11.9. The number of halogens is 2. The number of carbonyl (C=O) groups is 3. The maximum Gasteiger partial charge on any atom is 0.308 e. The third kappa shape index (κ3) is 7.21. The predicted molar refractivity (Wildman–Crippen MR) is 107 cm³/mol. The first-order chi connectivity index (χ1) is 13.3. The number of esters is 1. The number of rotatable bonds is 8. The number of hydrogen-bond donors (Lipinski definition) is 2. The summed E-state index contributed by atoms with van der Waals surface area (Å²) in [6.45, 7) is 1.17. The number of carbonyl (C=O) groups excluding carboxylic acids is 3. The van der Waals surface area contributed by atoms with Gasteiger partial charge in [-0.1, -0.05) is 53.5 Å². The SMILES string of the molecule is CC(=O)NC(CC(=O)OCC(=O)NCc1ccccc1Cl)c1ccc(Cl)cc1. The van der Waals surface area contributed by atoms with Crippen molar-refractivity contribution in [2.45, 2.75) is 25.9 Å². The molecule has 0 aliphatic rings. The minimum atomic E-state index is -0.610. The highest BCUT2D eigenvalue weighted by atomic mass is 35.5. The van der Waals surface area contributed by atoms with E-state index in [-0.39, 0.29) is 18.9 Å². The molecule has 0 aliphatic carbocycles. The number of benzene rings is 2. The Kier molecular flexibility index (Phi) is 8.29. The fraction of sp³-hybridized carbons (Fsp3) is 0.250. The standard InChI is InChI=1S/C20H20Cl2N2O4/c1-13(25)24-18(14-6-8-16(21)9-7-14)10-20(27)28-12-19(26)23-11-15-4-2-3-5-17(15)22/h2-9,18H,10-12H2,1H3,(H,23,26)(H,24,25). The number of nitrogens with one attached hydrogen (secondary N) is 2. The molecule has 0 bridgehead atoms. The summed E-state index contributed by atoms with van der Waals surface area (Å²) in [6, 6.07) is 13.3. The molecule has 0 radical (unpaired) electrons. The smallest absolute Gasteiger partial charge is 0.308 e. The van der Waals surface area contributed by atoms with Crippen LogP contribution in [0.4, 0.5) is 0 Å². The second-order valence-electron chi connectivity index (χ2n) is 6.04. The Morgan fingerprint density at radius 3 is 2.36 bits per heavy atom. The molecule has 2 rings (SSSR count). The van der Waals surface area contributed by atoms with Crippen LogP contribution in [0, 0.1) is 0 Å². The van der Waals surface area contributed by atoms with Crippen LogP contribution in [0.1, 0.15) is 30.5 Å². The first-order valence-corrected chi connectivity index (χ1v) is 9.29. The first-order valence-electron chi connectivity index (χ1n) is 8.53. The molecule has 2 aromatic carbocycles. The molecular formula is C20H20Cl2N2O4. The van der Waals surface area contributed by atoms with Gasteiger partial charge in [-0.15, -0.1) is 0 Å². The molecule has 2 N–H and O–H groups in total. The van der Waals surface area contributed by atoms with Crippen molar-refractivity contribution in [3.05, 3.63) is 69.7 Å². The average Bonchev–Trinajstić information content (AvgIpc) is 2.65. The van der Waals surface area contributed by atoms with Gasteiger partial charge in [0.2, 0.25) is 5.91 Å². The van der Waals surface area contributed by atoms with E-state index in [1.54, 1.807) is 42.5 Å². The molecule has 0 aromatic heterocycles. The molecule has 2 aromatic rings. The minimum Gasteiger partial charge on any atom is -0.456 e. The summed E-state index contributed by atoms with van der Waals surface area (Å²) in [5, 5.41) is 6.41. The highest BCUT2D eigenvalue weighted by Gasteiger charge is 2.19. The van der Waals surface area contributed by atoms with Gasteiger partial charge in [-0.3, -0.25) is 14.4 Å². The van der Waals surface area contributed by atoms with E-state index in [0.29, 0.717) is 15.6 Å². The van der Waals surface area contributed by atoms with Gasteiger partial charge in [-0.05, 0) is 29.3 Å². The molecule has 0 fully saturated rings. The lowest BCUT2D eigenvalue weighted by Gasteiger charge is -2.17. The summed E-state index contributed by atoms with van der Waals surface area (Å²) < 4.78 is 5.02. The second-order valence-corrected chi connectivity index (χ2v) is 6.88. The van der Waals surface area contributed by atoms with Crippen LogP contribution >= 0.6 is 23.2 Å². The van der Waals surface area contributed by atoms with Crippen LogP contribution in [-0.2, 0) is 25.7 Å². The lowest BCUT2D eigenvalue weighted by Crippen LogP contribution is -2.31. The van der Waals surface area contributed by atoms with E-state index in [1.165, 1.54) is 6.92 Å². The monoisotopic (exact) mass is 422 g/mol. The highest BCUT2D eigenvalue weighted by molar-refractivity contribution is 6.31. The zero-order valence-electron chi connectivity index (χ0n) is 15.2. The maximum absolute atomic E-state index is 12.1. The zero-order chi connectivity index (χ0) is 20.5. The highest BCUT2D eigenvalue weighted by Crippen LogP contribution is 2.20. The van der Waals surface area contributed by atoms with Gasteiger partial charge in [0, 0.05) is 23.5 Å². The molecular weight excluding hydrogens is 403 g/mol.